The molecule has 1 fully saturated rings. The van der Waals surface area contributed by atoms with Gasteiger partial charge in [-0.1, -0.05) is 17.7 Å². The molecule has 2 aromatic heterocycles. The van der Waals surface area contributed by atoms with Gasteiger partial charge in [0.2, 0.25) is 0 Å². The third-order valence-electron chi connectivity index (χ3n) is 5.07. The van der Waals surface area contributed by atoms with Crippen LogP contribution in [0.5, 0.6) is 5.75 Å². The highest BCUT2D eigenvalue weighted by molar-refractivity contribution is 6.30. The van der Waals surface area contributed by atoms with E-state index in [2.05, 4.69) is 15.5 Å². The van der Waals surface area contributed by atoms with Gasteiger partial charge in [0.15, 0.2) is 12.4 Å². The van der Waals surface area contributed by atoms with Crippen molar-refractivity contribution >= 4 is 29.1 Å². The monoisotopic (exact) mass is 442 g/mol. The number of carbonyl (C=O) groups is 2. The maximum absolute atomic E-state index is 12.9. The first kappa shape index (κ1) is 20.9. The zero-order chi connectivity index (χ0) is 21.8. The average molecular weight is 443 g/mol. The molecule has 2 amide bonds. The van der Waals surface area contributed by atoms with Gasteiger partial charge in [-0.2, -0.15) is 10.2 Å². The summed E-state index contributed by atoms with van der Waals surface area (Å²) in [4.78, 5) is 27.4. The molecular weight excluding hydrogens is 420 g/mol. The number of nitrogens with zero attached hydrogens (tertiary/aromatic N) is 5. The normalized spacial score (nSPS) is 13.8. The Bertz CT molecular complexity index is 1090. The smallest absolute Gasteiger partial charge is 0.276 e. The van der Waals surface area contributed by atoms with Gasteiger partial charge in [-0.05, 0) is 43.5 Å². The second-order valence-corrected chi connectivity index (χ2v) is 7.75. The Labute approximate surface area is 184 Å². The number of aromatic nitrogens is 4. The van der Waals surface area contributed by atoms with Crippen LogP contribution in [0.25, 0.3) is 0 Å². The van der Waals surface area contributed by atoms with Crippen LogP contribution in [0, 0.1) is 0 Å². The summed E-state index contributed by atoms with van der Waals surface area (Å²) in [6.45, 7) is 1.56. The van der Waals surface area contributed by atoms with Crippen molar-refractivity contribution in [3.63, 3.8) is 0 Å². The number of aryl methyl sites for hydroxylation is 1. The molecule has 3 aromatic rings. The summed E-state index contributed by atoms with van der Waals surface area (Å²) < 4.78 is 8.62. The Morgan fingerprint density at radius 2 is 2.00 bits per heavy atom. The SMILES string of the molecule is Cn1ncc(NC(=O)c2ccn(COc3cccc(Cl)c3)n2)c1C(=O)N1CCCCC1. The van der Waals surface area contributed by atoms with Crippen LogP contribution >= 0.6 is 11.6 Å². The average Bonchev–Trinajstić information content (AvgIpc) is 3.39. The number of rotatable bonds is 6. The van der Waals surface area contributed by atoms with E-state index in [1.165, 1.54) is 15.6 Å². The van der Waals surface area contributed by atoms with Crippen molar-refractivity contribution in [2.45, 2.75) is 26.0 Å². The van der Waals surface area contributed by atoms with Crippen LogP contribution in [0.2, 0.25) is 5.02 Å². The fourth-order valence-corrected chi connectivity index (χ4v) is 3.65. The minimum Gasteiger partial charge on any atom is -0.471 e. The van der Waals surface area contributed by atoms with Gasteiger partial charge in [-0.3, -0.25) is 14.3 Å². The lowest BCUT2D eigenvalue weighted by atomic mass is 10.1. The molecule has 9 nitrogen and oxygen atoms in total. The molecule has 162 valence electrons. The van der Waals surface area contributed by atoms with Gasteiger partial charge in [0.1, 0.15) is 11.4 Å². The quantitative estimate of drug-likeness (QED) is 0.632. The standard InChI is InChI=1S/C21H23ClN6O3/c1-26-19(21(30)27-9-3-2-4-10-27)18(13-23-26)24-20(29)17-8-11-28(25-17)14-31-16-7-5-6-15(22)12-16/h5-8,11-13H,2-4,9-10,14H2,1H3,(H,24,29). The number of amides is 2. The van der Waals surface area contributed by atoms with Crippen molar-refractivity contribution < 1.29 is 14.3 Å². The summed E-state index contributed by atoms with van der Waals surface area (Å²) in [5, 5.41) is 11.7. The molecule has 0 radical (unpaired) electrons. The van der Waals surface area contributed by atoms with Crippen LogP contribution in [0.1, 0.15) is 40.2 Å². The largest absolute Gasteiger partial charge is 0.471 e. The molecule has 0 bridgehead atoms. The van der Waals surface area contributed by atoms with E-state index < -0.39 is 5.91 Å². The summed E-state index contributed by atoms with van der Waals surface area (Å²) in [5.41, 5.74) is 0.932. The molecule has 0 aliphatic carbocycles. The number of piperidine rings is 1. The molecule has 10 heteroatoms. The number of likely N-dealkylation sites (tertiary alicyclic amines) is 1. The summed E-state index contributed by atoms with van der Waals surface area (Å²) >= 11 is 5.95. The van der Waals surface area contributed by atoms with E-state index in [9.17, 15) is 9.59 Å². The molecule has 0 saturated carbocycles. The predicted octanol–water partition coefficient (Wildman–Crippen LogP) is 3.18. The lowest BCUT2D eigenvalue weighted by molar-refractivity contribution is 0.0714. The Hall–Kier alpha value is -3.33. The number of hydrogen-bond donors (Lipinski definition) is 1. The lowest BCUT2D eigenvalue weighted by Gasteiger charge is -2.27. The van der Waals surface area contributed by atoms with Gasteiger partial charge < -0.3 is 15.0 Å². The van der Waals surface area contributed by atoms with E-state index in [0.717, 1.165) is 19.3 Å². The van der Waals surface area contributed by atoms with Crippen molar-refractivity contribution in [2.24, 2.45) is 7.05 Å². The Balaban J connectivity index is 1.41. The van der Waals surface area contributed by atoms with Gasteiger partial charge in [0.05, 0.1) is 11.9 Å². The number of halogens is 1. The molecule has 1 aromatic carbocycles. The van der Waals surface area contributed by atoms with Gasteiger partial charge in [-0.15, -0.1) is 0 Å². The van der Waals surface area contributed by atoms with Crippen LogP contribution in [0.15, 0.2) is 42.7 Å². The summed E-state index contributed by atoms with van der Waals surface area (Å²) in [6.07, 6.45) is 6.22. The first-order chi connectivity index (χ1) is 15.0. The van der Waals surface area contributed by atoms with E-state index in [1.54, 1.807) is 48.5 Å². The number of carbonyl (C=O) groups excluding carboxylic acids is 2. The van der Waals surface area contributed by atoms with E-state index in [4.69, 9.17) is 16.3 Å². The van der Waals surface area contributed by atoms with Crippen LogP contribution in [-0.4, -0.2) is 49.4 Å². The zero-order valence-electron chi connectivity index (χ0n) is 17.1. The Kier molecular flexibility index (Phi) is 6.22. The van der Waals surface area contributed by atoms with Crippen molar-refractivity contribution in [3.8, 4) is 5.75 Å². The molecule has 1 aliphatic heterocycles. The first-order valence-electron chi connectivity index (χ1n) is 10.1. The van der Waals surface area contributed by atoms with Crippen LogP contribution in [0.3, 0.4) is 0 Å². The summed E-state index contributed by atoms with van der Waals surface area (Å²) in [7, 11) is 1.69. The molecule has 0 atom stereocenters. The molecule has 3 heterocycles. The highest BCUT2D eigenvalue weighted by atomic mass is 35.5. The minimum absolute atomic E-state index is 0.124. The van der Waals surface area contributed by atoms with Crippen molar-refractivity contribution in [3.05, 3.63) is 59.1 Å². The van der Waals surface area contributed by atoms with Crippen molar-refractivity contribution in [1.29, 1.82) is 0 Å². The zero-order valence-corrected chi connectivity index (χ0v) is 17.9. The second-order valence-electron chi connectivity index (χ2n) is 7.31. The molecule has 4 rings (SSSR count). The minimum atomic E-state index is -0.429. The number of hydrogen-bond acceptors (Lipinski definition) is 5. The van der Waals surface area contributed by atoms with Gasteiger partial charge in [-0.25, -0.2) is 4.68 Å². The predicted molar refractivity (Wildman–Crippen MR) is 115 cm³/mol. The maximum Gasteiger partial charge on any atom is 0.276 e. The maximum atomic E-state index is 12.9. The van der Waals surface area contributed by atoms with E-state index >= 15 is 0 Å². The second kappa shape index (κ2) is 9.22. The van der Waals surface area contributed by atoms with Gasteiger partial charge in [0.25, 0.3) is 11.8 Å². The summed E-state index contributed by atoms with van der Waals surface area (Å²) in [6, 6.07) is 8.61. The third kappa shape index (κ3) is 4.88. The number of benzene rings is 1. The number of ether oxygens (including phenoxy) is 1. The number of anilines is 1. The van der Waals surface area contributed by atoms with Crippen molar-refractivity contribution in [2.75, 3.05) is 18.4 Å². The van der Waals surface area contributed by atoms with E-state index in [-0.39, 0.29) is 18.3 Å². The van der Waals surface area contributed by atoms with Crippen molar-refractivity contribution in [1.82, 2.24) is 24.5 Å². The molecule has 1 aliphatic rings. The Morgan fingerprint density at radius 1 is 1.19 bits per heavy atom. The first-order valence-corrected chi connectivity index (χ1v) is 10.4. The molecule has 0 spiro atoms. The third-order valence-corrected chi connectivity index (χ3v) is 5.30. The molecule has 31 heavy (non-hydrogen) atoms. The van der Waals surface area contributed by atoms with Crippen LogP contribution in [-0.2, 0) is 13.8 Å². The lowest BCUT2D eigenvalue weighted by Crippen LogP contribution is -2.37. The molecular formula is C21H23ClN6O3. The van der Waals surface area contributed by atoms with Gasteiger partial charge in [0, 0.05) is 31.4 Å². The topological polar surface area (TPSA) is 94.3 Å². The number of nitrogens with one attached hydrogen (secondary N) is 1. The van der Waals surface area contributed by atoms with E-state index in [1.807, 2.05) is 0 Å². The summed E-state index contributed by atoms with van der Waals surface area (Å²) in [5.74, 6) is 0.0443. The molecule has 1 saturated heterocycles. The van der Waals surface area contributed by atoms with E-state index in [0.29, 0.717) is 35.2 Å². The molecule has 1 N–H and O–H groups in total. The van der Waals surface area contributed by atoms with Crippen LogP contribution in [0.4, 0.5) is 5.69 Å². The Morgan fingerprint density at radius 3 is 2.77 bits per heavy atom. The highest BCUT2D eigenvalue weighted by Gasteiger charge is 2.25. The highest BCUT2D eigenvalue weighted by Crippen LogP contribution is 2.20. The fraction of sp³-hybridized carbons (Fsp3) is 0.333. The van der Waals surface area contributed by atoms with Gasteiger partial charge >= 0.3 is 0 Å². The fourth-order valence-electron chi connectivity index (χ4n) is 3.47. The molecule has 0 unspecified atom stereocenters. The van der Waals surface area contributed by atoms with Crippen LogP contribution < -0.4 is 10.1 Å².